The van der Waals surface area contributed by atoms with Gasteiger partial charge in [0.1, 0.15) is 11.5 Å². The minimum atomic E-state index is -0.675. The zero-order valence-electron chi connectivity index (χ0n) is 14.2. The Hall–Kier alpha value is -3.15. The Morgan fingerprint density at radius 1 is 1.04 bits per heavy atom. The van der Waals surface area contributed by atoms with E-state index in [0.717, 1.165) is 16.6 Å². The van der Waals surface area contributed by atoms with Crippen LogP contribution in [0.2, 0.25) is 0 Å². The van der Waals surface area contributed by atoms with Crippen LogP contribution in [0.3, 0.4) is 0 Å². The summed E-state index contributed by atoms with van der Waals surface area (Å²) in [6.45, 7) is 3.63. The van der Waals surface area contributed by atoms with Crippen molar-refractivity contribution in [1.29, 1.82) is 0 Å². The number of hydrogen-bond donors (Lipinski definition) is 0. The SMILES string of the molecule is COC(=O)C(C)Oc1ccc(Oc2cnc3ccc(C)cc3n2)cc1. The summed E-state index contributed by atoms with van der Waals surface area (Å²) in [6, 6.07) is 12.8. The summed E-state index contributed by atoms with van der Waals surface area (Å²) in [5.41, 5.74) is 2.71. The highest BCUT2D eigenvalue weighted by Gasteiger charge is 2.14. The van der Waals surface area contributed by atoms with Crippen molar-refractivity contribution in [3.05, 3.63) is 54.2 Å². The third kappa shape index (κ3) is 4.03. The summed E-state index contributed by atoms with van der Waals surface area (Å²) in [5, 5.41) is 0. The van der Waals surface area contributed by atoms with Crippen LogP contribution < -0.4 is 9.47 Å². The lowest BCUT2D eigenvalue weighted by Gasteiger charge is -2.12. The van der Waals surface area contributed by atoms with Gasteiger partial charge in [0.15, 0.2) is 6.10 Å². The van der Waals surface area contributed by atoms with E-state index in [9.17, 15) is 4.79 Å². The lowest BCUT2D eigenvalue weighted by Crippen LogP contribution is -2.24. The first-order chi connectivity index (χ1) is 12.0. The number of fused-ring (bicyclic) bond motifs is 1. The third-order valence-electron chi connectivity index (χ3n) is 3.57. The number of rotatable bonds is 5. The van der Waals surface area contributed by atoms with Gasteiger partial charge < -0.3 is 14.2 Å². The number of methoxy groups -OCH3 is 1. The predicted octanol–water partition coefficient (Wildman–Crippen LogP) is 3.67. The Morgan fingerprint density at radius 2 is 1.76 bits per heavy atom. The molecule has 3 rings (SSSR count). The van der Waals surface area contributed by atoms with Gasteiger partial charge in [0.05, 0.1) is 24.3 Å². The monoisotopic (exact) mass is 338 g/mol. The van der Waals surface area contributed by atoms with Crippen LogP contribution in [0.25, 0.3) is 11.0 Å². The Bertz CT molecular complexity index is 894. The minimum absolute atomic E-state index is 0.412. The van der Waals surface area contributed by atoms with E-state index in [0.29, 0.717) is 17.4 Å². The standard InChI is InChI=1S/C19H18N2O4/c1-12-4-9-16-17(10-12)21-18(11-20-16)25-15-7-5-14(6-8-15)24-13(2)19(22)23-3/h4-11,13H,1-3H3. The first-order valence-electron chi connectivity index (χ1n) is 7.81. The third-order valence-corrected chi connectivity index (χ3v) is 3.57. The van der Waals surface area contributed by atoms with E-state index in [4.69, 9.17) is 9.47 Å². The second-order valence-corrected chi connectivity index (χ2v) is 5.56. The molecule has 25 heavy (non-hydrogen) atoms. The average Bonchev–Trinajstić information content (AvgIpc) is 2.62. The molecule has 0 saturated carbocycles. The van der Waals surface area contributed by atoms with Crippen molar-refractivity contribution in [2.24, 2.45) is 0 Å². The molecule has 0 aliphatic carbocycles. The molecule has 0 spiro atoms. The number of benzene rings is 2. The molecular formula is C19H18N2O4. The number of ether oxygens (including phenoxy) is 3. The highest BCUT2D eigenvalue weighted by atomic mass is 16.6. The molecule has 3 aromatic rings. The number of carbonyl (C=O) groups excluding carboxylic acids is 1. The molecule has 6 heteroatoms. The van der Waals surface area contributed by atoms with Crippen LogP contribution in [0.4, 0.5) is 0 Å². The van der Waals surface area contributed by atoms with Crippen molar-refractivity contribution in [2.45, 2.75) is 20.0 Å². The molecule has 0 aliphatic heterocycles. The van der Waals surface area contributed by atoms with Crippen LogP contribution in [0.5, 0.6) is 17.4 Å². The summed E-state index contributed by atoms with van der Waals surface area (Å²) in [7, 11) is 1.32. The van der Waals surface area contributed by atoms with Crippen molar-refractivity contribution in [3.8, 4) is 17.4 Å². The molecule has 128 valence electrons. The van der Waals surface area contributed by atoms with Gasteiger partial charge in [-0.05, 0) is 55.8 Å². The maximum Gasteiger partial charge on any atom is 0.346 e. The van der Waals surface area contributed by atoms with E-state index in [1.165, 1.54) is 7.11 Å². The molecule has 0 N–H and O–H groups in total. The molecule has 6 nitrogen and oxygen atoms in total. The Labute approximate surface area is 145 Å². The number of aryl methyl sites for hydroxylation is 1. The lowest BCUT2D eigenvalue weighted by molar-refractivity contribution is -0.147. The summed E-state index contributed by atoms with van der Waals surface area (Å²) in [4.78, 5) is 20.2. The normalized spacial score (nSPS) is 11.8. The summed E-state index contributed by atoms with van der Waals surface area (Å²) in [6.07, 6.45) is 0.910. The molecule has 0 fully saturated rings. The maximum absolute atomic E-state index is 11.4. The van der Waals surface area contributed by atoms with E-state index in [-0.39, 0.29) is 0 Å². The molecule has 1 heterocycles. The average molecular weight is 338 g/mol. The number of nitrogens with zero attached hydrogens (tertiary/aromatic N) is 2. The second-order valence-electron chi connectivity index (χ2n) is 5.56. The maximum atomic E-state index is 11.4. The quantitative estimate of drug-likeness (QED) is 0.661. The van der Waals surface area contributed by atoms with Crippen molar-refractivity contribution in [3.63, 3.8) is 0 Å². The topological polar surface area (TPSA) is 70.5 Å². The minimum Gasteiger partial charge on any atom is -0.479 e. The zero-order valence-corrected chi connectivity index (χ0v) is 14.2. The van der Waals surface area contributed by atoms with Crippen LogP contribution in [0, 0.1) is 6.92 Å². The lowest BCUT2D eigenvalue weighted by atomic mass is 10.2. The molecule has 1 atom stereocenters. The zero-order chi connectivity index (χ0) is 17.8. The Balaban J connectivity index is 1.72. The summed E-state index contributed by atoms with van der Waals surface area (Å²) in [5.74, 6) is 1.13. The van der Waals surface area contributed by atoms with Crippen LogP contribution in [0.1, 0.15) is 12.5 Å². The fourth-order valence-electron chi connectivity index (χ4n) is 2.28. The molecule has 0 saturated heterocycles. The van der Waals surface area contributed by atoms with E-state index in [1.807, 2.05) is 25.1 Å². The van der Waals surface area contributed by atoms with Crippen LogP contribution in [-0.4, -0.2) is 29.2 Å². The molecular weight excluding hydrogens is 320 g/mol. The van der Waals surface area contributed by atoms with E-state index < -0.39 is 12.1 Å². The molecule has 0 aliphatic rings. The number of aromatic nitrogens is 2. The molecule has 0 bridgehead atoms. The molecule has 1 aromatic heterocycles. The fraction of sp³-hybridized carbons (Fsp3) is 0.211. The van der Waals surface area contributed by atoms with Crippen molar-refractivity contribution in [2.75, 3.05) is 7.11 Å². The van der Waals surface area contributed by atoms with Crippen LogP contribution >= 0.6 is 0 Å². The Morgan fingerprint density at radius 3 is 2.48 bits per heavy atom. The van der Waals surface area contributed by atoms with E-state index in [1.54, 1.807) is 37.4 Å². The second kappa shape index (κ2) is 7.17. The van der Waals surface area contributed by atoms with Gasteiger partial charge >= 0.3 is 5.97 Å². The number of esters is 1. The summed E-state index contributed by atoms with van der Waals surface area (Å²) >= 11 is 0. The number of hydrogen-bond acceptors (Lipinski definition) is 6. The first kappa shape index (κ1) is 16.7. The van der Waals surface area contributed by atoms with Gasteiger partial charge in [-0.25, -0.2) is 14.8 Å². The van der Waals surface area contributed by atoms with Gasteiger partial charge in [0, 0.05) is 0 Å². The van der Waals surface area contributed by atoms with Gasteiger partial charge in [-0.2, -0.15) is 0 Å². The molecule has 0 radical (unpaired) electrons. The largest absolute Gasteiger partial charge is 0.479 e. The van der Waals surface area contributed by atoms with E-state index >= 15 is 0 Å². The van der Waals surface area contributed by atoms with Crippen LogP contribution in [-0.2, 0) is 9.53 Å². The van der Waals surface area contributed by atoms with Crippen LogP contribution in [0.15, 0.2) is 48.7 Å². The molecule has 2 aromatic carbocycles. The van der Waals surface area contributed by atoms with Crippen molar-refractivity contribution in [1.82, 2.24) is 9.97 Å². The molecule has 1 unspecified atom stereocenters. The van der Waals surface area contributed by atoms with Gasteiger partial charge in [-0.15, -0.1) is 0 Å². The highest BCUT2D eigenvalue weighted by Crippen LogP contribution is 2.24. The first-order valence-corrected chi connectivity index (χ1v) is 7.81. The van der Waals surface area contributed by atoms with E-state index in [2.05, 4.69) is 14.7 Å². The number of carbonyl (C=O) groups is 1. The smallest absolute Gasteiger partial charge is 0.346 e. The van der Waals surface area contributed by atoms with Gasteiger partial charge in [0.25, 0.3) is 0 Å². The van der Waals surface area contributed by atoms with Gasteiger partial charge in [0.2, 0.25) is 5.88 Å². The fourth-order valence-corrected chi connectivity index (χ4v) is 2.28. The van der Waals surface area contributed by atoms with Crippen molar-refractivity contribution >= 4 is 17.0 Å². The summed E-state index contributed by atoms with van der Waals surface area (Å²) < 4.78 is 15.8. The Kier molecular flexibility index (Phi) is 4.79. The van der Waals surface area contributed by atoms with Crippen molar-refractivity contribution < 1.29 is 19.0 Å². The molecule has 0 amide bonds. The van der Waals surface area contributed by atoms with Gasteiger partial charge in [-0.1, -0.05) is 6.07 Å². The van der Waals surface area contributed by atoms with Gasteiger partial charge in [-0.3, -0.25) is 0 Å². The highest BCUT2D eigenvalue weighted by molar-refractivity contribution is 5.75. The predicted molar refractivity (Wildman–Crippen MR) is 92.9 cm³/mol.